The number of hydrogen-bond donors (Lipinski definition) is 2. The van der Waals surface area contributed by atoms with Gasteiger partial charge in [-0.2, -0.15) is 0 Å². The van der Waals surface area contributed by atoms with E-state index in [0.717, 1.165) is 29.7 Å². The van der Waals surface area contributed by atoms with E-state index >= 15 is 0 Å². The van der Waals surface area contributed by atoms with Crippen molar-refractivity contribution in [3.63, 3.8) is 0 Å². The summed E-state index contributed by atoms with van der Waals surface area (Å²) in [6, 6.07) is 17.4. The molecule has 0 radical (unpaired) electrons. The predicted octanol–water partition coefficient (Wildman–Crippen LogP) is 3.40. The third-order valence-electron chi connectivity index (χ3n) is 8.36. The summed E-state index contributed by atoms with van der Waals surface area (Å²) in [7, 11) is -2.84. The summed E-state index contributed by atoms with van der Waals surface area (Å²) in [6.45, 7) is 6.72. The van der Waals surface area contributed by atoms with Crippen LogP contribution in [0.1, 0.15) is 37.3 Å². The van der Waals surface area contributed by atoms with Gasteiger partial charge in [0.25, 0.3) is 5.91 Å². The summed E-state index contributed by atoms with van der Waals surface area (Å²) >= 11 is 0. The number of amides is 2. The van der Waals surface area contributed by atoms with Crippen LogP contribution in [-0.2, 0) is 26.5 Å². The number of para-hydroxylation sites is 1. The number of benzene rings is 2. The van der Waals surface area contributed by atoms with Crippen molar-refractivity contribution in [2.75, 3.05) is 18.1 Å². The minimum absolute atomic E-state index is 0.0540. The zero-order valence-corrected chi connectivity index (χ0v) is 22.3. The fraction of sp³-hybridized carbons (Fsp3) is 0.500. The van der Waals surface area contributed by atoms with Crippen LogP contribution in [0.25, 0.3) is 0 Å². The number of rotatable bonds is 6. The molecular formula is C28H36N2O5Si. The maximum Gasteiger partial charge on any atom is 0.264 e. The van der Waals surface area contributed by atoms with E-state index in [1.54, 1.807) is 9.80 Å². The van der Waals surface area contributed by atoms with E-state index in [1.165, 1.54) is 0 Å². The highest BCUT2D eigenvalue weighted by Gasteiger charge is 2.66. The molecule has 2 aromatic rings. The molecule has 0 saturated carbocycles. The van der Waals surface area contributed by atoms with Gasteiger partial charge in [0.1, 0.15) is 0 Å². The Morgan fingerprint density at radius 3 is 2.53 bits per heavy atom. The Bertz CT molecular complexity index is 1140. The molecular weight excluding hydrogens is 472 g/mol. The molecule has 5 atom stereocenters. The Kier molecular flexibility index (Phi) is 6.57. The zero-order valence-electron chi connectivity index (χ0n) is 21.3. The molecule has 2 saturated heterocycles. The lowest BCUT2D eigenvalue weighted by molar-refractivity contribution is -0.150. The molecule has 36 heavy (non-hydrogen) atoms. The minimum atomic E-state index is -2.84. The van der Waals surface area contributed by atoms with Crippen molar-refractivity contribution in [2.45, 2.75) is 69.1 Å². The largest absolute Gasteiger partial charge is 0.432 e. The molecule has 3 aliphatic heterocycles. The molecule has 3 heterocycles. The van der Waals surface area contributed by atoms with E-state index in [-0.39, 0.29) is 42.3 Å². The van der Waals surface area contributed by atoms with Crippen molar-refractivity contribution >= 4 is 25.8 Å². The molecule has 3 aliphatic rings. The summed E-state index contributed by atoms with van der Waals surface area (Å²) in [5, 5.41) is 9.72. The van der Waals surface area contributed by atoms with Crippen molar-refractivity contribution in [3.8, 4) is 0 Å². The van der Waals surface area contributed by atoms with E-state index in [0.29, 0.717) is 13.1 Å². The van der Waals surface area contributed by atoms with Gasteiger partial charge in [-0.3, -0.25) is 9.59 Å². The second kappa shape index (κ2) is 9.41. The average molecular weight is 509 g/mol. The second-order valence-corrected chi connectivity index (χ2v) is 15.0. The Hall–Kier alpha value is -2.52. The number of fused-ring (bicyclic) bond motifs is 2. The average Bonchev–Trinajstić information content (AvgIpc) is 3.51. The summed E-state index contributed by atoms with van der Waals surface area (Å²) in [5.74, 6) is -0.514. The molecule has 2 N–H and O–H groups in total. The van der Waals surface area contributed by atoms with Gasteiger partial charge in [-0.15, -0.1) is 0 Å². The van der Waals surface area contributed by atoms with Gasteiger partial charge in [-0.05, 0) is 37.6 Å². The molecule has 0 aromatic heterocycles. The van der Waals surface area contributed by atoms with Crippen LogP contribution >= 0.6 is 0 Å². The monoisotopic (exact) mass is 508 g/mol. The standard InChI is InChI=1S/C28H36N2O5Si/c1-19-26(36(2,3)34)24(16-25(32)29-15-9-12-21(29)18-31)35-28(19)22-13-7-8-14-23(22)30(27(28)33)17-20-10-5-4-6-11-20/h4-8,10-11,13-14,19,21,24,26,31,34H,9,12,15-18H2,1-3H3/t19-,21+,24+,26-,28+/m1/s1. The number of ether oxygens (including phenoxy) is 1. The van der Waals surface area contributed by atoms with Gasteiger partial charge in [-0.1, -0.05) is 55.5 Å². The van der Waals surface area contributed by atoms with Crippen LogP contribution in [0.4, 0.5) is 5.69 Å². The Balaban J connectivity index is 1.51. The minimum Gasteiger partial charge on any atom is -0.432 e. The molecule has 0 unspecified atom stereocenters. The molecule has 5 rings (SSSR count). The number of carbonyl (C=O) groups is 2. The summed E-state index contributed by atoms with van der Waals surface area (Å²) in [4.78, 5) is 42.5. The number of aliphatic hydroxyl groups is 1. The number of likely N-dealkylation sites (tertiary alicyclic amines) is 1. The molecule has 2 amide bonds. The summed E-state index contributed by atoms with van der Waals surface area (Å²) < 4.78 is 6.74. The van der Waals surface area contributed by atoms with E-state index < -0.39 is 20.0 Å². The lowest BCUT2D eigenvalue weighted by atomic mass is 9.82. The van der Waals surface area contributed by atoms with Gasteiger partial charge >= 0.3 is 0 Å². The number of aliphatic hydroxyl groups excluding tert-OH is 1. The maximum atomic E-state index is 14.3. The molecule has 2 fully saturated rings. The molecule has 1 spiro atoms. The van der Waals surface area contributed by atoms with Crippen LogP contribution in [0, 0.1) is 5.92 Å². The first-order chi connectivity index (χ1) is 17.2. The van der Waals surface area contributed by atoms with Gasteiger partial charge in [0.2, 0.25) is 5.91 Å². The molecule has 0 aliphatic carbocycles. The number of nitrogens with zero attached hydrogens (tertiary/aromatic N) is 2. The lowest BCUT2D eigenvalue weighted by Crippen LogP contribution is -2.46. The summed E-state index contributed by atoms with van der Waals surface area (Å²) in [5.41, 5.74) is 1.11. The van der Waals surface area contributed by atoms with Crippen LogP contribution in [0.5, 0.6) is 0 Å². The third-order valence-corrected chi connectivity index (χ3v) is 10.9. The van der Waals surface area contributed by atoms with Crippen LogP contribution < -0.4 is 4.90 Å². The zero-order chi connectivity index (χ0) is 25.7. The van der Waals surface area contributed by atoms with Crippen molar-refractivity contribution < 1.29 is 24.2 Å². The first kappa shape index (κ1) is 25.1. The third kappa shape index (κ3) is 4.00. The number of carbonyl (C=O) groups excluding carboxylic acids is 2. The quantitative estimate of drug-likeness (QED) is 0.584. The fourth-order valence-corrected chi connectivity index (χ4v) is 9.35. The van der Waals surface area contributed by atoms with Gasteiger partial charge in [0, 0.05) is 23.6 Å². The SMILES string of the molecule is C[C@@H]1[C@@H]([Si](C)(C)O)[C@H](CC(=O)N2CCC[C@H]2CO)O[C@@]12C(=O)N(Cc1ccccc1)c1ccccc12. The van der Waals surface area contributed by atoms with Crippen molar-refractivity contribution in [3.05, 3.63) is 65.7 Å². The topological polar surface area (TPSA) is 90.3 Å². The first-order valence-corrected chi connectivity index (χ1v) is 16.0. The Morgan fingerprint density at radius 1 is 1.14 bits per heavy atom. The van der Waals surface area contributed by atoms with Gasteiger partial charge in [0.05, 0.1) is 37.4 Å². The fourth-order valence-electron chi connectivity index (χ4n) is 6.80. The molecule has 2 aromatic carbocycles. The van der Waals surface area contributed by atoms with Crippen LogP contribution in [0.2, 0.25) is 18.6 Å². The number of hydrogen-bond acceptors (Lipinski definition) is 5. The first-order valence-electron chi connectivity index (χ1n) is 12.9. The second-order valence-electron chi connectivity index (χ2n) is 11.0. The highest BCUT2D eigenvalue weighted by molar-refractivity contribution is 6.71. The van der Waals surface area contributed by atoms with Crippen molar-refractivity contribution in [1.29, 1.82) is 0 Å². The highest BCUT2D eigenvalue weighted by Crippen LogP contribution is 2.59. The van der Waals surface area contributed by atoms with Gasteiger partial charge < -0.3 is 24.4 Å². The van der Waals surface area contributed by atoms with Crippen LogP contribution in [0.3, 0.4) is 0 Å². The van der Waals surface area contributed by atoms with E-state index in [1.807, 2.05) is 74.6 Å². The predicted molar refractivity (Wildman–Crippen MR) is 140 cm³/mol. The van der Waals surface area contributed by atoms with Gasteiger partial charge in [0.15, 0.2) is 13.9 Å². The van der Waals surface area contributed by atoms with Crippen LogP contribution in [0.15, 0.2) is 54.6 Å². The maximum absolute atomic E-state index is 14.3. The molecule has 8 heteroatoms. The van der Waals surface area contributed by atoms with Crippen LogP contribution in [-0.4, -0.2) is 60.2 Å². The lowest BCUT2D eigenvalue weighted by Gasteiger charge is -2.32. The summed E-state index contributed by atoms with van der Waals surface area (Å²) in [6.07, 6.45) is 1.18. The molecule has 7 nitrogen and oxygen atoms in total. The van der Waals surface area contributed by atoms with Crippen molar-refractivity contribution in [2.24, 2.45) is 5.92 Å². The van der Waals surface area contributed by atoms with E-state index in [2.05, 4.69) is 0 Å². The Labute approximate surface area is 213 Å². The van der Waals surface area contributed by atoms with E-state index in [4.69, 9.17) is 4.74 Å². The van der Waals surface area contributed by atoms with Crippen molar-refractivity contribution in [1.82, 2.24) is 4.90 Å². The highest BCUT2D eigenvalue weighted by atomic mass is 28.4. The number of anilines is 1. The smallest absolute Gasteiger partial charge is 0.264 e. The molecule has 192 valence electrons. The van der Waals surface area contributed by atoms with E-state index in [9.17, 15) is 19.5 Å². The van der Waals surface area contributed by atoms with Gasteiger partial charge in [-0.25, -0.2) is 0 Å². The Morgan fingerprint density at radius 2 is 1.83 bits per heavy atom. The normalized spacial score (nSPS) is 29.9. The molecule has 0 bridgehead atoms.